The molecule has 0 bridgehead atoms. The number of rotatable bonds is 8. The van der Waals surface area contributed by atoms with E-state index in [-0.39, 0.29) is 37.3 Å². The van der Waals surface area contributed by atoms with E-state index in [4.69, 9.17) is 16.3 Å². The smallest absolute Gasteiger partial charge is 0.281 e. The van der Waals surface area contributed by atoms with Gasteiger partial charge in [-0.2, -0.15) is 8.42 Å². The predicted molar refractivity (Wildman–Crippen MR) is 152 cm³/mol. The highest BCUT2D eigenvalue weighted by Gasteiger charge is 2.26. The monoisotopic (exact) mass is 603 g/mol. The summed E-state index contributed by atoms with van der Waals surface area (Å²) in [5, 5.41) is 9.71. The number of sulfonamides is 1. The van der Waals surface area contributed by atoms with Gasteiger partial charge in [0, 0.05) is 31.4 Å². The number of methoxy groups -OCH3 is 1. The zero-order chi connectivity index (χ0) is 29.2. The minimum Gasteiger partial charge on any atom is -0.504 e. The number of halogens is 2. The van der Waals surface area contributed by atoms with Crippen LogP contribution in [0.5, 0.6) is 11.5 Å². The molecule has 2 N–H and O–H groups in total. The maximum atomic E-state index is 13.7. The Morgan fingerprint density at radius 2 is 2.00 bits per heavy atom. The number of aromatic hydroxyl groups is 1. The van der Waals surface area contributed by atoms with Crippen LogP contribution < -0.4 is 9.46 Å². The molecule has 0 saturated carbocycles. The van der Waals surface area contributed by atoms with Crippen molar-refractivity contribution in [1.29, 1.82) is 0 Å². The highest BCUT2D eigenvalue weighted by atomic mass is 35.5. The lowest BCUT2D eigenvalue weighted by Crippen LogP contribution is -2.21. The number of thiazole rings is 1. The minimum absolute atomic E-state index is 0.0836. The first-order chi connectivity index (χ1) is 18.9. The SMILES string of the molecule is COc1cccc(C=Nc2cnc(S(=O)(=O)Nc3nc(-c4ccc(F)c(Cl)c4)c(C(=O)N(C)C)s3)c(C)c2)c1O. The minimum atomic E-state index is -4.22. The average Bonchev–Trinajstić information content (AvgIpc) is 3.31. The van der Waals surface area contributed by atoms with E-state index in [0.29, 0.717) is 22.4 Å². The number of hydrogen-bond donors (Lipinski definition) is 2. The fourth-order valence-corrected chi connectivity index (χ4v) is 6.15. The Kier molecular flexibility index (Phi) is 8.37. The number of phenols is 1. The van der Waals surface area contributed by atoms with E-state index in [1.165, 1.54) is 42.6 Å². The number of hydrogen-bond acceptors (Lipinski definition) is 9. The van der Waals surface area contributed by atoms with Crippen molar-refractivity contribution in [3.63, 3.8) is 0 Å². The summed E-state index contributed by atoms with van der Waals surface area (Å²) >= 11 is 6.74. The first-order valence-corrected chi connectivity index (χ1v) is 14.2. The van der Waals surface area contributed by atoms with Crippen LogP contribution in [-0.2, 0) is 10.0 Å². The van der Waals surface area contributed by atoms with Gasteiger partial charge in [0.25, 0.3) is 15.9 Å². The molecule has 0 aliphatic heterocycles. The predicted octanol–water partition coefficient (Wildman–Crippen LogP) is 5.27. The molecule has 4 rings (SSSR count). The van der Waals surface area contributed by atoms with Gasteiger partial charge in [-0.3, -0.25) is 14.5 Å². The molecule has 0 spiro atoms. The van der Waals surface area contributed by atoms with Crippen molar-refractivity contribution in [2.24, 2.45) is 4.99 Å². The Balaban J connectivity index is 1.64. The first kappa shape index (κ1) is 28.9. The van der Waals surface area contributed by atoms with Crippen molar-refractivity contribution in [1.82, 2.24) is 14.9 Å². The van der Waals surface area contributed by atoms with Crippen molar-refractivity contribution in [3.05, 3.63) is 75.5 Å². The van der Waals surface area contributed by atoms with Gasteiger partial charge in [-0.05, 0) is 48.9 Å². The number of aromatic nitrogens is 2. The van der Waals surface area contributed by atoms with Gasteiger partial charge in [0.1, 0.15) is 10.7 Å². The van der Waals surface area contributed by atoms with Crippen LogP contribution >= 0.6 is 22.9 Å². The third-order valence-corrected chi connectivity index (χ3v) is 8.29. The van der Waals surface area contributed by atoms with Gasteiger partial charge in [0.15, 0.2) is 21.7 Å². The van der Waals surface area contributed by atoms with Gasteiger partial charge in [0.05, 0.1) is 29.7 Å². The second kappa shape index (κ2) is 11.6. The van der Waals surface area contributed by atoms with Crippen molar-refractivity contribution in [2.45, 2.75) is 11.9 Å². The van der Waals surface area contributed by atoms with Gasteiger partial charge in [-0.15, -0.1) is 0 Å². The van der Waals surface area contributed by atoms with Crippen LogP contribution in [0.4, 0.5) is 15.2 Å². The number of nitrogens with one attached hydrogen (secondary N) is 1. The third kappa shape index (κ3) is 6.06. The van der Waals surface area contributed by atoms with Crippen molar-refractivity contribution in [2.75, 3.05) is 25.9 Å². The molecule has 0 saturated heterocycles. The fourth-order valence-electron chi connectivity index (χ4n) is 3.57. The number of aryl methyl sites for hydroxylation is 1. The molecule has 208 valence electrons. The van der Waals surface area contributed by atoms with E-state index in [2.05, 4.69) is 19.7 Å². The summed E-state index contributed by atoms with van der Waals surface area (Å²) in [6, 6.07) is 10.3. The third-order valence-electron chi connectivity index (χ3n) is 5.52. The number of carbonyl (C=O) groups is 1. The maximum Gasteiger partial charge on any atom is 0.281 e. The second-order valence-electron chi connectivity index (χ2n) is 8.60. The number of carbonyl (C=O) groups excluding carboxylic acids is 1. The molecule has 10 nitrogen and oxygen atoms in total. The van der Waals surface area contributed by atoms with E-state index in [1.807, 2.05) is 0 Å². The van der Waals surface area contributed by atoms with Crippen LogP contribution in [0.3, 0.4) is 0 Å². The number of nitrogens with zero attached hydrogens (tertiary/aromatic N) is 4. The highest BCUT2D eigenvalue weighted by Crippen LogP contribution is 2.35. The molecule has 2 aromatic carbocycles. The second-order valence-corrected chi connectivity index (χ2v) is 11.6. The van der Waals surface area contributed by atoms with E-state index < -0.39 is 21.7 Å². The van der Waals surface area contributed by atoms with Crippen molar-refractivity contribution >= 4 is 55.9 Å². The van der Waals surface area contributed by atoms with Crippen molar-refractivity contribution in [3.8, 4) is 22.8 Å². The molecular weight excluding hydrogens is 581 g/mol. The number of benzene rings is 2. The molecule has 4 aromatic rings. The fraction of sp³-hybridized carbons (Fsp3) is 0.154. The molecule has 0 radical (unpaired) electrons. The van der Waals surface area contributed by atoms with Gasteiger partial charge in [-0.1, -0.05) is 29.0 Å². The van der Waals surface area contributed by atoms with Crippen LogP contribution in [0.2, 0.25) is 5.02 Å². The Bertz CT molecular complexity index is 1740. The molecule has 0 unspecified atom stereocenters. The number of anilines is 1. The summed E-state index contributed by atoms with van der Waals surface area (Å²) in [5.74, 6) is -0.859. The van der Waals surface area contributed by atoms with Crippen LogP contribution in [0.15, 0.2) is 58.7 Å². The number of ether oxygens (including phenoxy) is 1. The van der Waals surface area contributed by atoms with Crippen LogP contribution in [0, 0.1) is 12.7 Å². The van der Waals surface area contributed by atoms with Gasteiger partial charge >= 0.3 is 0 Å². The topological polar surface area (TPSA) is 134 Å². The van der Waals surface area contributed by atoms with Crippen LogP contribution in [0.1, 0.15) is 20.8 Å². The lowest BCUT2D eigenvalue weighted by Gasteiger charge is -2.09. The average molecular weight is 604 g/mol. The maximum absolute atomic E-state index is 13.7. The van der Waals surface area contributed by atoms with Crippen molar-refractivity contribution < 1.29 is 27.4 Å². The standard InChI is InChI=1S/C26H23ClFN5O5S2/c1-14-10-17(29-12-16-6-5-7-20(38-4)22(16)34)13-30-24(14)40(36,37)32-26-31-21(23(39-26)25(35)33(2)3)15-8-9-19(28)18(27)11-15/h5-13,34H,1-4H3,(H,31,32). The molecule has 0 fully saturated rings. The summed E-state index contributed by atoms with van der Waals surface area (Å²) in [5.41, 5.74) is 1.54. The molecule has 0 atom stereocenters. The van der Waals surface area contributed by atoms with Gasteiger partial charge in [0.2, 0.25) is 0 Å². The molecule has 2 heterocycles. The quantitative estimate of drug-likeness (QED) is 0.262. The summed E-state index contributed by atoms with van der Waals surface area (Å²) in [7, 11) is 0.294. The zero-order valence-corrected chi connectivity index (χ0v) is 24.0. The van der Waals surface area contributed by atoms with E-state index in [1.54, 1.807) is 39.2 Å². The lowest BCUT2D eigenvalue weighted by molar-refractivity contribution is 0.0832. The first-order valence-electron chi connectivity index (χ1n) is 11.5. The summed E-state index contributed by atoms with van der Waals surface area (Å²) < 4.78 is 47.6. The summed E-state index contributed by atoms with van der Waals surface area (Å²) in [6.07, 6.45) is 2.67. The normalized spacial score (nSPS) is 11.6. The summed E-state index contributed by atoms with van der Waals surface area (Å²) in [4.78, 5) is 26.9. The number of phenolic OH excluding ortho intramolecular Hbond substituents is 1. The lowest BCUT2D eigenvalue weighted by atomic mass is 10.1. The number of pyridine rings is 1. The van der Waals surface area contributed by atoms with E-state index >= 15 is 0 Å². The van der Waals surface area contributed by atoms with Gasteiger partial charge < -0.3 is 14.7 Å². The molecule has 40 heavy (non-hydrogen) atoms. The molecule has 0 aliphatic carbocycles. The molecule has 0 aliphatic rings. The molecular formula is C26H23ClFN5O5S2. The van der Waals surface area contributed by atoms with E-state index in [9.17, 15) is 22.7 Å². The molecule has 14 heteroatoms. The number of aliphatic imine (C=N–C) groups is 1. The van der Waals surface area contributed by atoms with Crippen LogP contribution in [-0.4, -0.2) is 61.7 Å². The number of para-hydroxylation sites is 1. The Morgan fingerprint density at radius 3 is 2.65 bits per heavy atom. The molecule has 2 aromatic heterocycles. The van der Waals surface area contributed by atoms with E-state index in [0.717, 1.165) is 17.4 Å². The zero-order valence-electron chi connectivity index (χ0n) is 21.6. The highest BCUT2D eigenvalue weighted by molar-refractivity contribution is 7.92. The largest absolute Gasteiger partial charge is 0.504 e. The number of amides is 1. The molecule has 1 amide bonds. The Labute approximate surface area is 238 Å². The Morgan fingerprint density at radius 1 is 1.25 bits per heavy atom. The summed E-state index contributed by atoms with van der Waals surface area (Å²) in [6.45, 7) is 1.55. The van der Waals surface area contributed by atoms with Gasteiger partial charge in [-0.25, -0.2) is 14.4 Å². The van der Waals surface area contributed by atoms with Crippen LogP contribution in [0.25, 0.3) is 11.3 Å². The Hall–Kier alpha value is -4.07.